The molecule has 70 valence electrons. The molecule has 0 aromatic rings. The zero-order valence-electron chi connectivity index (χ0n) is 7.83. The standard InChI is InChI=1S/C9H16O2S/c1-7(2)4-5-12-8(3)6-9(10)11/h4,8H,5-6H2,1-3H3,(H,10,11). The van der Waals surface area contributed by atoms with Gasteiger partial charge < -0.3 is 5.11 Å². The second kappa shape index (κ2) is 6.12. The van der Waals surface area contributed by atoms with E-state index in [1.54, 1.807) is 11.8 Å². The van der Waals surface area contributed by atoms with Gasteiger partial charge in [0.2, 0.25) is 0 Å². The molecule has 0 aliphatic heterocycles. The van der Waals surface area contributed by atoms with E-state index in [1.807, 2.05) is 20.8 Å². The van der Waals surface area contributed by atoms with Gasteiger partial charge in [0.1, 0.15) is 0 Å². The number of rotatable bonds is 5. The smallest absolute Gasteiger partial charge is 0.304 e. The maximum Gasteiger partial charge on any atom is 0.304 e. The first-order chi connectivity index (χ1) is 5.52. The lowest BCUT2D eigenvalue weighted by molar-refractivity contribution is -0.136. The highest BCUT2D eigenvalue weighted by Crippen LogP contribution is 2.14. The third-order valence-electron chi connectivity index (χ3n) is 1.33. The topological polar surface area (TPSA) is 37.3 Å². The summed E-state index contributed by atoms with van der Waals surface area (Å²) in [7, 11) is 0. The minimum absolute atomic E-state index is 0.207. The lowest BCUT2D eigenvalue weighted by atomic mass is 10.3. The summed E-state index contributed by atoms with van der Waals surface area (Å²) in [6, 6.07) is 0. The van der Waals surface area contributed by atoms with Crippen LogP contribution in [-0.2, 0) is 4.79 Å². The summed E-state index contributed by atoms with van der Waals surface area (Å²) in [5.74, 6) is 0.198. The van der Waals surface area contributed by atoms with Crippen LogP contribution in [0.1, 0.15) is 27.2 Å². The molecule has 0 radical (unpaired) electrons. The van der Waals surface area contributed by atoms with E-state index in [9.17, 15) is 4.79 Å². The molecule has 0 aromatic heterocycles. The van der Waals surface area contributed by atoms with Gasteiger partial charge in [0.15, 0.2) is 0 Å². The highest BCUT2D eigenvalue weighted by molar-refractivity contribution is 8.00. The molecule has 0 fully saturated rings. The molecular formula is C9H16O2S. The highest BCUT2D eigenvalue weighted by atomic mass is 32.2. The highest BCUT2D eigenvalue weighted by Gasteiger charge is 2.05. The first-order valence-corrected chi connectivity index (χ1v) is 5.04. The van der Waals surface area contributed by atoms with Gasteiger partial charge in [-0.1, -0.05) is 18.6 Å². The number of hydrogen-bond donors (Lipinski definition) is 1. The number of aliphatic carboxylic acids is 1. The fourth-order valence-corrected chi connectivity index (χ4v) is 1.70. The Hall–Kier alpha value is -0.440. The number of carboxylic acid groups (broad SMARTS) is 1. The third-order valence-corrected chi connectivity index (χ3v) is 2.43. The largest absolute Gasteiger partial charge is 0.481 e. The molecule has 1 N–H and O–H groups in total. The van der Waals surface area contributed by atoms with Crippen LogP contribution in [-0.4, -0.2) is 22.1 Å². The van der Waals surface area contributed by atoms with E-state index >= 15 is 0 Å². The van der Waals surface area contributed by atoms with Gasteiger partial charge in [-0.25, -0.2) is 0 Å². The van der Waals surface area contributed by atoms with Crippen molar-refractivity contribution in [3.8, 4) is 0 Å². The van der Waals surface area contributed by atoms with Crippen LogP contribution in [0.15, 0.2) is 11.6 Å². The Bertz CT molecular complexity index is 171. The molecule has 0 aromatic carbocycles. The van der Waals surface area contributed by atoms with Crippen LogP contribution in [0.2, 0.25) is 0 Å². The monoisotopic (exact) mass is 188 g/mol. The van der Waals surface area contributed by atoms with Crippen LogP contribution < -0.4 is 0 Å². The third kappa shape index (κ3) is 7.66. The number of hydrogen-bond acceptors (Lipinski definition) is 2. The predicted octanol–water partition coefficient (Wildman–Crippen LogP) is 2.55. The average Bonchev–Trinajstić information content (AvgIpc) is 1.84. The van der Waals surface area contributed by atoms with Gasteiger partial charge in [0, 0.05) is 11.0 Å². The molecule has 3 heteroatoms. The van der Waals surface area contributed by atoms with Crippen LogP contribution in [0.5, 0.6) is 0 Å². The van der Waals surface area contributed by atoms with Crippen LogP contribution in [0.4, 0.5) is 0 Å². The summed E-state index contributed by atoms with van der Waals surface area (Å²) in [6.45, 7) is 6.03. The van der Waals surface area contributed by atoms with Crippen molar-refractivity contribution in [2.24, 2.45) is 0 Å². The molecule has 0 aliphatic rings. The molecule has 0 saturated carbocycles. The Labute approximate surface area is 78.0 Å². The Morgan fingerprint density at radius 2 is 2.17 bits per heavy atom. The van der Waals surface area contributed by atoms with Gasteiger partial charge >= 0.3 is 5.97 Å². The molecular weight excluding hydrogens is 172 g/mol. The molecule has 0 heterocycles. The van der Waals surface area contributed by atoms with Gasteiger partial charge in [-0.05, 0) is 13.8 Å². The van der Waals surface area contributed by atoms with Crippen molar-refractivity contribution < 1.29 is 9.90 Å². The summed E-state index contributed by atoms with van der Waals surface area (Å²) in [6.07, 6.45) is 2.37. The van der Waals surface area contributed by atoms with Crippen molar-refractivity contribution in [2.75, 3.05) is 5.75 Å². The zero-order valence-corrected chi connectivity index (χ0v) is 8.65. The van der Waals surface area contributed by atoms with E-state index in [0.29, 0.717) is 0 Å². The molecule has 1 atom stereocenters. The van der Waals surface area contributed by atoms with Crippen molar-refractivity contribution >= 4 is 17.7 Å². The second-order valence-corrected chi connectivity index (χ2v) is 4.49. The minimum Gasteiger partial charge on any atom is -0.481 e. The van der Waals surface area contributed by atoms with Gasteiger partial charge in [0.05, 0.1) is 6.42 Å². The summed E-state index contributed by atoms with van der Waals surface area (Å²) in [5, 5.41) is 8.67. The molecule has 0 spiro atoms. The average molecular weight is 188 g/mol. The lowest BCUT2D eigenvalue weighted by Gasteiger charge is -2.05. The van der Waals surface area contributed by atoms with Crippen molar-refractivity contribution in [3.63, 3.8) is 0 Å². The van der Waals surface area contributed by atoms with Crippen molar-refractivity contribution in [2.45, 2.75) is 32.4 Å². The Morgan fingerprint density at radius 1 is 1.58 bits per heavy atom. The summed E-state index contributed by atoms with van der Waals surface area (Å²) in [4.78, 5) is 10.3. The second-order valence-electron chi connectivity index (χ2n) is 3.02. The SMILES string of the molecule is CC(C)=CCSC(C)CC(=O)O. The summed E-state index contributed by atoms with van der Waals surface area (Å²) >= 11 is 1.68. The molecule has 1 unspecified atom stereocenters. The molecule has 0 amide bonds. The van der Waals surface area contributed by atoms with E-state index in [-0.39, 0.29) is 11.7 Å². The van der Waals surface area contributed by atoms with Crippen LogP contribution >= 0.6 is 11.8 Å². The molecule has 0 saturated heterocycles. The van der Waals surface area contributed by atoms with Gasteiger partial charge in [-0.3, -0.25) is 4.79 Å². The van der Waals surface area contributed by atoms with E-state index in [4.69, 9.17) is 5.11 Å². The molecule has 12 heavy (non-hydrogen) atoms. The van der Waals surface area contributed by atoms with Crippen molar-refractivity contribution in [3.05, 3.63) is 11.6 Å². The molecule has 0 bridgehead atoms. The maximum absolute atomic E-state index is 10.3. The predicted molar refractivity (Wildman–Crippen MR) is 53.6 cm³/mol. The molecule has 0 aliphatic carbocycles. The van der Waals surface area contributed by atoms with Crippen LogP contribution in [0.3, 0.4) is 0 Å². The quantitative estimate of drug-likeness (QED) is 0.674. The van der Waals surface area contributed by atoms with Gasteiger partial charge in [-0.15, -0.1) is 0 Å². The zero-order chi connectivity index (χ0) is 9.56. The van der Waals surface area contributed by atoms with Crippen molar-refractivity contribution in [1.82, 2.24) is 0 Å². The van der Waals surface area contributed by atoms with E-state index in [1.165, 1.54) is 5.57 Å². The summed E-state index contributed by atoms with van der Waals surface area (Å²) in [5.41, 5.74) is 1.28. The van der Waals surface area contributed by atoms with E-state index in [0.717, 1.165) is 5.75 Å². The van der Waals surface area contributed by atoms with E-state index in [2.05, 4.69) is 6.08 Å². The fraction of sp³-hybridized carbons (Fsp3) is 0.667. The first kappa shape index (κ1) is 11.6. The Balaban J connectivity index is 3.50. The number of carboxylic acids is 1. The maximum atomic E-state index is 10.3. The van der Waals surface area contributed by atoms with Crippen molar-refractivity contribution in [1.29, 1.82) is 0 Å². The van der Waals surface area contributed by atoms with Crippen LogP contribution in [0, 0.1) is 0 Å². The lowest BCUT2D eigenvalue weighted by Crippen LogP contribution is -2.05. The van der Waals surface area contributed by atoms with E-state index < -0.39 is 5.97 Å². The first-order valence-electron chi connectivity index (χ1n) is 3.99. The normalized spacial score (nSPS) is 12.2. The molecule has 2 nitrogen and oxygen atoms in total. The molecule has 0 rings (SSSR count). The minimum atomic E-state index is -0.716. The number of thioether (sulfide) groups is 1. The van der Waals surface area contributed by atoms with Crippen LogP contribution in [0.25, 0.3) is 0 Å². The van der Waals surface area contributed by atoms with Gasteiger partial charge in [0.25, 0.3) is 0 Å². The fourth-order valence-electron chi connectivity index (χ4n) is 0.684. The number of allylic oxidation sites excluding steroid dienone is 1. The Kier molecular flexibility index (Phi) is 5.89. The Morgan fingerprint density at radius 3 is 2.58 bits per heavy atom. The number of carbonyl (C=O) groups is 1. The van der Waals surface area contributed by atoms with Gasteiger partial charge in [-0.2, -0.15) is 11.8 Å². The summed E-state index contributed by atoms with van der Waals surface area (Å²) < 4.78 is 0.